The molecule has 1 aromatic heterocycles. The van der Waals surface area contributed by atoms with Crippen LogP contribution in [0, 0.1) is 0 Å². The van der Waals surface area contributed by atoms with E-state index in [1.54, 1.807) is 18.2 Å². The molecule has 3 N–H and O–H groups in total. The average Bonchev–Trinajstić information content (AvgIpc) is 3.11. The summed E-state index contributed by atoms with van der Waals surface area (Å²) in [5.41, 5.74) is 3.68. The third-order valence-electron chi connectivity index (χ3n) is 3.67. The molecule has 0 aliphatic rings. The molecule has 3 aromatic rings. The standard InChI is InChI=1S/C18H17N5O2/c1-2-16(24)19-13-9-6-12(7-10-13)8-11-17(25)20-14-4-3-5-15-18(14)22-23-21-15/h2-7,9-10H,1,8,11H2,(H,19,24)(H,20,25)(H,21,22,23). The van der Waals surface area contributed by atoms with E-state index in [0.29, 0.717) is 35.2 Å². The molecule has 25 heavy (non-hydrogen) atoms. The fourth-order valence-electron chi connectivity index (χ4n) is 2.39. The number of anilines is 2. The lowest BCUT2D eigenvalue weighted by Gasteiger charge is -2.07. The highest BCUT2D eigenvalue weighted by Gasteiger charge is 2.08. The molecule has 0 aliphatic carbocycles. The summed E-state index contributed by atoms with van der Waals surface area (Å²) in [5.74, 6) is -0.353. The van der Waals surface area contributed by atoms with Gasteiger partial charge in [0.15, 0.2) is 0 Å². The smallest absolute Gasteiger partial charge is 0.247 e. The third kappa shape index (κ3) is 4.08. The molecule has 2 amide bonds. The van der Waals surface area contributed by atoms with Gasteiger partial charge in [0.05, 0.1) is 5.69 Å². The number of nitrogens with one attached hydrogen (secondary N) is 3. The van der Waals surface area contributed by atoms with Gasteiger partial charge in [0, 0.05) is 12.1 Å². The van der Waals surface area contributed by atoms with Gasteiger partial charge in [0.2, 0.25) is 11.8 Å². The fraction of sp³-hybridized carbons (Fsp3) is 0.111. The predicted octanol–water partition coefficient (Wildman–Crippen LogP) is 2.65. The number of hydrogen-bond donors (Lipinski definition) is 3. The number of aromatic amines is 1. The first kappa shape index (κ1) is 16.4. The van der Waals surface area contributed by atoms with Crippen molar-refractivity contribution in [3.8, 4) is 0 Å². The summed E-state index contributed by atoms with van der Waals surface area (Å²) < 4.78 is 0. The van der Waals surface area contributed by atoms with Gasteiger partial charge in [0.25, 0.3) is 0 Å². The molecular formula is C18H17N5O2. The Morgan fingerprint density at radius 2 is 1.88 bits per heavy atom. The van der Waals surface area contributed by atoms with Crippen molar-refractivity contribution in [3.05, 3.63) is 60.7 Å². The second-order valence-electron chi connectivity index (χ2n) is 5.44. The number of rotatable bonds is 6. The molecule has 0 spiro atoms. The van der Waals surface area contributed by atoms with Gasteiger partial charge >= 0.3 is 0 Å². The SMILES string of the molecule is C=CC(=O)Nc1ccc(CCC(=O)Nc2cccc3n[nH]nc23)cc1. The molecule has 0 fully saturated rings. The molecule has 0 aliphatic heterocycles. The number of benzene rings is 2. The summed E-state index contributed by atoms with van der Waals surface area (Å²) in [6, 6.07) is 12.8. The van der Waals surface area contributed by atoms with Crippen LogP contribution >= 0.6 is 0 Å². The van der Waals surface area contributed by atoms with Crippen molar-refractivity contribution in [2.24, 2.45) is 0 Å². The Kier molecular flexibility index (Phi) is 4.84. The first-order valence-electron chi connectivity index (χ1n) is 7.77. The lowest BCUT2D eigenvalue weighted by atomic mass is 10.1. The van der Waals surface area contributed by atoms with Crippen molar-refractivity contribution >= 4 is 34.2 Å². The summed E-state index contributed by atoms with van der Waals surface area (Å²) in [5, 5.41) is 16.1. The molecule has 0 saturated heterocycles. The highest BCUT2D eigenvalue weighted by Crippen LogP contribution is 2.19. The Hall–Kier alpha value is -3.48. The number of aryl methyl sites for hydroxylation is 1. The van der Waals surface area contributed by atoms with E-state index >= 15 is 0 Å². The van der Waals surface area contributed by atoms with Crippen LogP contribution in [-0.2, 0) is 16.0 Å². The van der Waals surface area contributed by atoms with Crippen LogP contribution in [0.25, 0.3) is 11.0 Å². The highest BCUT2D eigenvalue weighted by atomic mass is 16.2. The van der Waals surface area contributed by atoms with Crippen molar-refractivity contribution < 1.29 is 9.59 Å². The largest absolute Gasteiger partial charge is 0.324 e. The number of H-pyrrole nitrogens is 1. The van der Waals surface area contributed by atoms with Crippen LogP contribution in [0.3, 0.4) is 0 Å². The zero-order valence-corrected chi connectivity index (χ0v) is 13.5. The maximum absolute atomic E-state index is 12.2. The normalized spacial score (nSPS) is 10.4. The molecule has 1 heterocycles. The third-order valence-corrected chi connectivity index (χ3v) is 3.67. The monoisotopic (exact) mass is 335 g/mol. The van der Waals surface area contributed by atoms with Crippen LogP contribution in [0.1, 0.15) is 12.0 Å². The van der Waals surface area contributed by atoms with Gasteiger partial charge in [-0.1, -0.05) is 24.8 Å². The molecule has 7 heteroatoms. The predicted molar refractivity (Wildman–Crippen MR) is 96.1 cm³/mol. The minimum atomic E-state index is -0.255. The van der Waals surface area contributed by atoms with Crippen LogP contribution in [0.4, 0.5) is 11.4 Å². The Morgan fingerprint density at radius 1 is 1.08 bits per heavy atom. The Balaban J connectivity index is 1.56. The quantitative estimate of drug-likeness (QED) is 0.603. The van der Waals surface area contributed by atoms with Crippen molar-refractivity contribution in [1.82, 2.24) is 15.4 Å². The zero-order chi connectivity index (χ0) is 17.6. The molecule has 2 aromatic carbocycles. The van der Waals surface area contributed by atoms with Gasteiger partial charge in [-0.25, -0.2) is 0 Å². The van der Waals surface area contributed by atoms with Gasteiger partial charge in [0.1, 0.15) is 11.0 Å². The molecular weight excluding hydrogens is 318 g/mol. The van der Waals surface area contributed by atoms with E-state index in [1.165, 1.54) is 6.08 Å². The topological polar surface area (TPSA) is 99.8 Å². The molecule has 0 bridgehead atoms. The minimum absolute atomic E-state index is 0.0977. The number of carbonyl (C=O) groups is 2. The van der Waals surface area contributed by atoms with Crippen molar-refractivity contribution in [1.29, 1.82) is 0 Å². The number of fused-ring (bicyclic) bond motifs is 1. The van der Waals surface area contributed by atoms with Crippen LogP contribution in [0.15, 0.2) is 55.1 Å². The highest BCUT2D eigenvalue weighted by molar-refractivity contribution is 5.99. The zero-order valence-electron chi connectivity index (χ0n) is 13.5. The van der Waals surface area contributed by atoms with Crippen LogP contribution in [0.2, 0.25) is 0 Å². The second-order valence-corrected chi connectivity index (χ2v) is 5.44. The van der Waals surface area contributed by atoms with E-state index in [4.69, 9.17) is 0 Å². The lowest BCUT2D eigenvalue weighted by Crippen LogP contribution is -2.12. The van der Waals surface area contributed by atoms with E-state index in [9.17, 15) is 9.59 Å². The van der Waals surface area contributed by atoms with E-state index in [-0.39, 0.29) is 11.8 Å². The number of nitrogens with zero attached hydrogens (tertiary/aromatic N) is 2. The van der Waals surface area contributed by atoms with Crippen LogP contribution < -0.4 is 10.6 Å². The number of carbonyl (C=O) groups excluding carboxylic acids is 2. The van der Waals surface area contributed by atoms with E-state index in [2.05, 4.69) is 32.6 Å². The van der Waals surface area contributed by atoms with Crippen LogP contribution in [-0.4, -0.2) is 27.2 Å². The van der Waals surface area contributed by atoms with Gasteiger partial charge in [-0.3, -0.25) is 9.59 Å². The molecule has 7 nitrogen and oxygen atoms in total. The maximum Gasteiger partial charge on any atom is 0.247 e. The fourth-order valence-corrected chi connectivity index (χ4v) is 2.39. The first-order valence-corrected chi connectivity index (χ1v) is 7.77. The van der Waals surface area contributed by atoms with Gasteiger partial charge < -0.3 is 10.6 Å². The van der Waals surface area contributed by atoms with Crippen molar-refractivity contribution in [3.63, 3.8) is 0 Å². The van der Waals surface area contributed by atoms with Crippen LogP contribution in [0.5, 0.6) is 0 Å². The molecule has 0 atom stereocenters. The molecule has 126 valence electrons. The van der Waals surface area contributed by atoms with E-state index < -0.39 is 0 Å². The molecule has 3 rings (SSSR count). The molecule has 0 saturated carbocycles. The Bertz CT molecular complexity index is 915. The number of amides is 2. The average molecular weight is 335 g/mol. The maximum atomic E-state index is 12.2. The van der Waals surface area contributed by atoms with E-state index in [0.717, 1.165) is 5.56 Å². The summed E-state index contributed by atoms with van der Waals surface area (Å²) in [6.07, 6.45) is 2.15. The summed E-state index contributed by atoms with van der Waals surface area (Å²) >= 11 is 0. The Morgan fingerprint density at radius 3 is 2.64 bits per heavy atom. The number of hydrogen-bond acceptors (Lipinski definition) is 4. The van der Waals surface area contributed by atoms with Gasteiger partial charge in [-0.15, -0.1) is 0 Å². The minimum Gasteiger partial charge on any atom is -0.324 e. The number of aromatic nitrogens is 3. The Labute approximate surface area is 144 Å². The summed E-state index contributed by atoms with van der Waals surface area (Å²) in [4.78, 5) is 23.4. The van der Waals surface area contributed by atoms with Crippen molar-refractivity contribution in [2.45, 2.75) is 12.8 Å². The lowest BCUT2D eigenvalue weighted by molar-refractivity contribution is -0.116. The summed E-state index contributed by atoms with van der Waals surface area (Å²) in [6.45, 7) is 3.41. The van der Waals surface area contributed by atoms with Crippen molar-refractivity contribution in [2.75, 3.05) is 10.6 Å². The second kappa shape index (κ2) is 7.39. The van der Waals surface area contributed by atoms with Gasteiger partial charge in [-0.05, 0) is 42.3 Å². The first-order chi connectivity index (χ1) is 12.2. The molecule has 0 unspecified atom stereocenters. The van der Waals surface area contributed by atoms with E-state index in [1.807, 2.05) is 24.3 Å². The van der Waals surface area contributed by atoms with Gasteiger partial charge in [-0.2, -0.15) is 15.4 Å². The summed E-state index contributed by atoms with van der Waals surface area (Å²) in [7, 11) is 0. The number of para-hydroxylation sites is 1. The molecule has 0 radical (unpaired) electrons.